The minimum atomic E-state index is -0.611. The first-order chi connectivity index (χ1) is 13.9. The van der Waals surface area contributed by atoms with Crippen LogP contribution in [-0.2, 0) is 6.54 Å². The highest BCUT2D eigenvalue weighted by molar-refractivity contribution is 6.21. The Morgan fingerprint density at radius 2 is 1.72 bits per heavy atom. The molecule has 2 aromatic carbocycles. The Morgan fingerprint density at radius 1 is 1.03 bits per heavy atom. The normalized spacial score (nSPS) is 12.7. The first-order valence-electron chi connectivity index (χ1n) is 9.08. The summed E-state index contributed by atoms with van der Waals surface area (Å²) in [6, 6.07) is 11.1. The van der Waals surface area contributed by atoms with E-state index in [1.54, 1.807) is 0 Å². The lowest BCUT2D eigenvalue weighted by molar-refractivity contribution is -0.384. The summed E-state index contributed by atoms with van der Waals surface area (Å²) in [6.45, 7) is 2.76. The second-order valence-electron chi connectivity index (χ2n) is 6.70. The maximum absolute atomic E-state index is 12.4. The number of imide groups is 1. The number of urea groups is 1. The van der Waals surface area contributed by atoms with Gasteiger partial charge in [-0.2, -0.15) is 0 Å². The number of nitro benzene ring substituents is 1. The monoisotopic (exact) mass is 396 g/mol. The Bertz CT molecular complexity index is 971. The Hall–Kier alpha value is -3.75. The van der Waals surface area contributed by atoms with Crippen LogP contribution >= 0.6 is 0 Å². The molecule has 0 spiro atoms. The zero-order valence-corrected chi connectivity index (χ0v) is 15.8. The van der Waals surface area contributed by atoms with Crippen LogP contribution in [0.15, 0.2) is 42.5 Å². The van der Waals surface area contributed by atoms with Crippen LogP contribution < -0.4 is 10.6 Å². The quantitative estimate of drug-likeness (QED) is 0.322. The Morgan fingerprint density at radius 3 is 2.41 bits per heavy atom. The summed E-state index contributed by atoms with van der Waals surface area (Å²) in [7, 11) is 0. The second-order valence-corrected chi connectivity index (χ2v) is 6.70. The van der Waals surface area contributed by atoms with Gasteiger partial charge in [0.1, 0.15) is 0 Å². The number of hydrogen-bond donors (Lipinski definition) is 2. The number of non-ortho nitro benzene ring substituents is 1. The van der Waals surface area contributed by atoms with E-state index in [4.69, 9.17) is 0 Å². The highest BCUT2D eigenvalue weighted by atomic mass is 16.6. The Kier molecular flexibility index (Phi) is 5.87. The third-order valence-corrected chi connectivity index (χ3v) is 4.58. The van der Waals surface area contributed by atoms with Gasteiger partial charge in [-0.15, -0.1) is 0 Å². The molecule has 0 aliphatic carbocycles. The Balaban J connectivity index is 1.45. The standard InChI is InChI=1S/C20H20N4O5/c1-13-3-5-14(6-4-13)12-22-20(27)21-9-2-10-23-18(25)16-8-7-15(24(28)29)11-17(16)19(23)26/h3-8,11H,2,9-10,12H2,1H3,(H2,21,22,27). The molecule has 3 rings (SSSR count). The van der Waals surface area contributed by atoms with Crippen LogP contribution in [0.5, 0.6) is 0 Å². The summed E-state index contributed by atoms with van der Waals surface area (Å²) < 4.78 is 0. The molecule has 0 unspecified atom stereocenters. The third kappa shape index (κ3) is 4.57. The van der Waals surface area contributed by atoms with Gasteiger partial charge in [0.2, 0.25) is 0 Å². The zero-order chi connectivity index (χ0) is 21.0. The molecule has 0 atom stereocenters. The summed E-state index contributed by atoms with van der Waals surface area (Å²) in [5, 5.41) is 16.3. The minimum absolute atomic E-state index is 0.0352. The first kappa shape index (κ1) is 20.0. The van der Waals surface area contributed by atoms with E-state index in [2.05, 4.69) is 10.6 Å². The molecule has 1 heterocycles. The van der Waals surface area contributed by atoms with Crippen LogP contribution in [-0.4, -0.2) is 40.8 Å². The van der Waals surface area contributed by atoms with Crippen molar-refractivity contribution in [2.24, 2.45) is 0 Å². The van der Waals surface area contributed by atoms with Crippen LogP contribution in [0.2, 0.25) is 0 Å². The van der Waals surface area contributed by atoms with Crippen molar-refractivity contribution in [2.75, 3.05) is 13.1 Å². The number of amides is 4. The predicted molar refractivity (Wildman–Crippen MR) is 104 cm³/mol. The lowest BCUT2D eigenvalue weighted by Gasteiger charge is -2.14. The number of carbonyl (C=O) groups is 3. The number of aryl methyl sites for hydroxylation is 1. The molecule has 2 aromatic rings. The highest BCUT2D eigenvalue weighted by Crippen LogP contribution is 2.26. The van der Waals surface area contributed by atoms with Crippen molar-refractivity contribution in [1.82, 2.24) is 15.5 Å². The molecule has 0 radical (unpaired) electrons. The number of nitro groups is 1. The van der Waals surface area contributed by atoms with E-state index >= 15 is 0 Å². The van der Waals surface area contributed by atoms with Gasteiger partial charge in [-0.1, -0.05) is 29.8 Å². The largest absolute Gasteiger partial charge is 0.338 e. The number of carbonyl (C=O) groups excluding carboxylic acids is 3. The van der Waals surface area contributed by atoms with Gasteiger partial charge in [-0.3, -0.25) is 24.6 Å². The molecule has 9 heteroatoms. The van der Waals surface area contributed by atoms with Gasteiger partial charge in [-0.05, 0) is 25.0 Å². The van der Waals surface area contributed by atoms with E-state index in [1.165, 1.54) is 12.1 Å². The molecule has 2 N–H and O–H groups in total. The highest BCUT2D eigenvalue weighted by Gasteiger charge is 2.36. The topological polar surface area (TPSA) is 122 Å². The van der Waals surface area contributed by atoms with E-state index in [9.17, 15) is 24.5 Å². The van der Waals surface area contributed by atoms with Crippen molar-refractivity contribution in [2.45, 2.75) is 19.9 Å². The van der Waals surface area contributed by atoms with Crippen molar-refractivity contribution in [3.63, 3.8) is 0 Å². The van der Waals surface area contributed by atoms with Crippen LogP contribution in [0, 0.1) is 17.0 Å². The molecular weight excluding hydrogens is 376 g/mol. The number of hydrogen-bond acceptors (Lipinski definition) is 5. The van der Waals surface area contributed by atoms with E-state index in [0.717, 1.165) is 22.1 Å². The maximum atomic E-state index is 12.4. The fraction of sp³-hybridized carbons (Fsp3) is 0.250. The van der Waals surface area contributed by atoms with Crippen molar-refractivity contribution < 1.29 is 19.3 Å². The van der Waals surface area contributed by atoms with E-state index in [0.29, 0.717) is 13.0 Å². The molecule has 150 valence electrons. The number of benzene rings is 2. The Labute approximate surface area is 166 Å². The SMILES string of the molecule is Cc1ccc(CNC(=O)NCCCN2C(=O)c3ccc([N+](=O)[O-])cc3C2=O)cc1. The van der Waals surface area contributed by atoms with Crippen molar-refractivity contribution in [3.05, 3.63) is 74.8 Å². The van der Waals surface area contributed by atoms with Crippen LogP contribution in [0.25, 0.3) is 0 Å². The summed E-state index contributed by atoms with van der Waals surface area (Å²) in [4.78, 5) is 47.8. The number of rotatable bonds is 7. The molecule has 1 aliphatic heterocycles. The maximum Gasteiger partial charge on any atom is 0.315 e. The molecule has 4 amide bonds. The van der Waals surface area contributed by atoms with Crippen LogP contribution in [0.1, 0.15) is 38.3 Å². The predicted octanol–water partition coefficient (Wildman–Crippen LogP) is 2.39. The molecule has 0 fully saturated rings. The van der Waals surface area contributed by atoms with Crippen LogP contribution in [0.4, 0.5) is 10.5 Å². The van der Waals surface area contributed by atoms with Gasteiger partial charge in [-0.25, -0.2) is 4.79 Å². The average Bonchev–Trinajstić information content (AvgIpc) is 2.94. The van der Waals surface area contributed by atoms with Gasteiger partial charge in [0.25, 0.3) is 17.5 Å². The molecule has 0 saturated heterocycles. The van der Waals surface area contributed by atoms with Crippen molar-refractivity contribution in [3.8, 4) is 0 Å². The molecule has 29 heavy (non-hydrogen) atoms. The fourth-order valence-corrected chi connectivity index (χ4v) is 2.99. The van der Waals surface area contributed by atoms with Gasteiger partial charge in [0.15, 0.2) is 0 Å². The summed E-state index contributed by atoms with van der Waals surface area (Å²) >= 11 is 0. The number of nitrogens with zero attached hydrogens (tertiary/aromatic N) is 2. The van der Waals surface area contributed by atoms with Gasteiger partial charge in [0, 0.05) is 31.8 Å². The average molecular weight is 396 g/mol. The van der Waals surface area contributed by atoms with Crippen molar-refractivity contribution in [1.29, 1.82) is 0 Å². The van der Waals surface area contributed by atoms with Gasteiger partial charge >= 0.3 is 6.03 Å². The smallest absolute Gasteiger partial charge is 0.315 e. The summed E-state index contributed by atoms with van der Waals surface area (Å²) in [6.07, 6.45) is 0.367. The van der Waals surface area contributed by atoms with Crippen LogP contribution in [0.3, 0.4) is 0 Å². The van der Waals surface area contributed by atoms with E-state index < -0.39 is 16.7 Å². The molecule has 0 saturated carbocycles. The summed E-state index contributed by atoms with van der Waals surface area (Å²) in [5.41, 5.74) is 2.07. The van der Waals surface area contributed by atoms with Gasteiger partial charge in [0.05, 0.1) is 16.1 Å². The van der Waals surface area contributed by atoms with Crippen molar-refractivity contribution >= 4 is 23.5 Å². The zero-order valence-electron chi connectivity index (χ0n) is 15.8. The van der Waals surface area contributed by atoms with E-state index in [-0.39, 0.29) is 35.9 Å². The molecular formula is C20H20N4O5. The third-order valence-electron chi connectivity index (χ3n) is 4.58. The second kappa shape index (κ2) is 8.51. The minimum Gasteiger partial charge on any atom is -0.338 e. The summed E-state index contributed by atoms with van der Waals surface area (Å²) in [5.74, 6) is -1.04. The first-order valence-corrected chi connectivity index (χ1v) is 9.08. The number of fused-ring (bicyclic) bond motifs is 1. The lowest BCUT2D eigenvalue weighted by atomic mass is 10.1. The lowest BCUT2D eigenvalue weighted by Crippen LogP contribution is -2.37. The fourth-order valence-electron chi connectivity index (χ4n) is 2.99. The molecule has 0 bridgehead atoms. The molecule has 0 aromatic heterocycles. The van der Waals surface area contributed by atoms with E-state index in [1.807, 2.05) is 31.2 Å². The van der Waals surface area contributed by atoms with Gasteiger partial charge < -0.3 is 10.6 Å². The number of nitrogens with one attached hydrogen (secondary N) is 2. The molecule has 1 aliphatic rings. The molecule has 9 nitrogen and oxygen atoms in total.